The van der Waals surface area contributed by atoms with E-state index in [4.69, 9.17) is 4.42 Å². The highest BCUT2D eigenvalue weighted by Gasteiger charge is 2.22. The summed E-state index contributed by atoms with van der Waals surface area (Å²) in [6, 6.07) is 13.8. The fourth-order valence-corrected chi connectivity index (χ4v) is 4.18. The van der Waals surface area contributed by atoms with E-state index in [-0.39, 0.29) is 21.9 Å². The topological polar surface area (TPSA) is 125 Å². The lowest BCUT2D eigenvalue weighted by atomic mass is 10.0. The molecular formula is C21H19N3O5S. The van der Waals surface area contributed by atoms with Crippen LogP contribution in [0.15, 0.2) is 67.4 Å². The number of hydrogen-bond acceptors (Lipinski definition) is 6. The van der Waals surface area contributed by atoms with Crippen LogP contribution in [-0.4, -0.2) is 24.3 Å². The first-order valence-corrected chi connectivity index (χ1v) is 10.8. The zero-order valence-electron chi connectivity index (χ0n) is 16.3. The van der Waals surface area contributed by atoms with Crippen molar-refractivity contribution in [2.75, 3.05) is 11.2 Å². The molecule has 0 aliphatic carbocycles. The highest BCUT2D eigenvalue weighted by Crippen LogP contribution is 2.36. The first-order chi connectivity index (χ1) is 14.2. The smallest absolute Gasteiger partial charge is 0.328 e. The Hall–Kier alpha value is -3.59. The van der Waals surface area contributed by atoms with Gasteiger partial charge in [-0.05, 0) is 31.5 Å². The number of sulfone groups is 1. The summed E-state index contributed by atoms with van der Waals surface area (Å²) < 4.78 is 31.1. The first kappa shape index (κ1) is 19.7. The highest BCUT2D eigenvalue weighted by molar-refractivity contribution is 7.91. The van der Waals surface area contributed by atoms with Gasteiger partial charge in [-0.1, -0.05) is 47.5 Å². The quantitative estimate of drug-likeness (QED) is 0.451. The van der Waals surface area contributed by atoms with Crippen molar-refractivity contribution < 1.29 is 12.8 Å². The van der Waals surface area contributed by atoms with Gasteiger partial charge in [0.1, 0.15) is 11.3 Å². The number of anilines is 1. The number of rotatable bonds is 5. The number of aryl methyl sites for hydroxylation is 2. The minimum Gasteiger partial charge on any atom is -0.423 e. The van der Waals surface area contributed by atoms with Crippen molar-refractivity contribution in [1.29, 1.82) is 0 Å². The number of fused-ring (bicyclic) bond motifs is 1. The average molecular weight is 425 g/mol. The molecule has 2 heterocycles. The van der Waals surface area contributed by atoms with E-state index in [9.17, 15) is 18.0 Å². The van der Waals surface area contributed by atoms with Crippen LogP contribution in [0.2, 0.25) is 0 Å². The molecule has 8 nitrogen and oxygen atoms in total. The number of aromatic nitrogens is 2. The Kier molecular flexibility index (Phi) is 4.83. The molecule has 0 radical (unpaired) electrons. The minimum absolute atomic E-state index is 0.0328. The predicted octanol–water partition coefficient (Wildman–Crippen LogP) is 2.94. The standard InChI is InChI=1S/C21H19N3O5S/c1-12-3-7-14(8-4-12)16-17-18(25)23-21(26)24-20(17)29-19(16)22-11-30(27,28)15-9-5-13(2)6-10-15/h3-10,22H,11H2,1-2H3,(H2,23,24,25,26). The molecule has 0 aliphatic heterocycles. The van der Waals surface area contributed by atoms with Crippen LogP contribution in [0.1, 0.15) is 11.1 Å². The molecule has 2 aromatic heterocycles. The molecule has 2 aromatic carbocycles. The number of aromatic amines is 2. The van der Waals surface area contributed by atoms with E-state index in [1.807, 2.05) is 26.0 Å². The van der Waals surface area contributed by atoms with Crippen LogP contribution in [-0.2, 0) is 9.84 Å². The molecule has 0 atom stereocenters. The fourth-order valence-electron chi connectivity index (χ4n) is 3.15. The van der Waals surface area contributed by atoms with Crippen molar-refractivity contribution >= 4 is 26.8 Å². The normalized spacial score (nSPS) is 11.7. The van der Waals surface area contributed by atoms with Crippen molar-refractivity contribution in [1.82, 2.24) is 9.97 Å². The Labute approximate surface area is 171 Å². The van der Waals surface area contributed by atoms with Crippen LogP contribution in [0.5, 0.6) is 0 Å². The van der Waals surface area contributed by atoms with Crippen LogP contribution in [0.25, 0.3) is 22.2 Å². The van der Waals surface area contributed by atoms with Gasteiger partial charge in [-0.2, -0.15) is 0 Å². The molecule has 0 saturated heterocycles. The largest absolute Gasteiger partial charge is 0.423 e. The van der Waals surface area contributed by atoms with E-state index in [2.05, 4.69) is 15.3 Å². The van der Waals surface area contributed by atoms with Crippen LogP contribution in [0, 0.1) is 13.8 Å². The van der Waals surface area contributed by atoms with E-state index in [0.717, 1.165) is 11.1 Å². The van der Waals surface area contributed by atoms with Crippen LogP contribution < -0.4 is 16.6 Å². The van der Waals surface area contributed by atoms with Crippen LogP contribution in [0.4, 0.5) is 5.88 Å². The highest BCUT2D eigenvalue weighted by atomic mass is 32.2. The Morgan fingerprint density at radius 3 is 2.13 bits per heavy atom. The molecule has 0 aliphatic rings. The van der Waals surface area contributed by atoms with Gasteiger partial charge in [0, 0.05) is 0 Å². The van der Waals surface area contributed by atoms with E-state index in [0.29, 0.717) is 11.1 Å². The summed E-state index contributed by atoms with van der Waals surface area (Å²) in [7, 11) is -3.67. The van der Waals surface area contributed by atoms with Gasteiger partial charge in [0.05, 0.1) is 10.5 Å². The molecule has 0 fully saturated rings. The fraction of sp³-hybridized carbons (Fsp3) is 0.143. The molecule has 30 heavy (non-hydrogen) atoms. The zero-order valence-corrected chi connectivity index (χ0v) is 17.1. The summed E-state index contributed by atoms with van der Waals surface area (Å²) in [6.07, 6.45) is 0. The van der Waals surface area contributed by atoms with Gasteiger partial charge in [0.25, 0.3) is 5.56 Å². The maximum Gasteiger partial charge on any atom is 0.328 e. The number of H-pyrrole nitrogens is 2. The Balaban J connectivity index is 1.80. The molecule has 3 N–H and O–H groups in total. The molecular weight excluding hydrogens is 406 g/mol. The van der Waals surface area contributed by atoms with Crippen molar-refractivity contribution in [3.8, 4) is 11.1 Å². The van der Waals surface area contributed by atoms with E-state index in [1.165, 1.54) is 12.1 Å². The Morgan fingerprint density at radius 1 is 0.900 bits per heavy atom. The SMILES string of the molecule is Cc1ccc(-c2c(NCS(=O)(=O)c3ccc(C)cc3)oc3[nH]c(=O)[nH]c(=O)c23)cc1. The van der Waals surface area contributed by atoms with Crippen LogP contribution >= 0.6 is 0 Å². The lowest BCUT2D eigenvalue weighted by Gasteiger charge is -2.08. The molecule has 0 bridgehead atoms. The summed E-state index contributed by atoms with van der Waals surface area (Å²) in [6.45, 7) is 3.80. The van der Waals surface area contributed by atoms with Gasteiger partial charge in [-0.3, -0.25) is 14.8 Å². The molecule has 4 rings (SSSR count). The van der Waals surface area contributed by atoms with Gasteiger partial charge in [0.15, 0.2) is 9.84 Å². The summed E-state index contributed by atoms with van der Waals surface area (Å²) in [5.41, 5.74) is 1.62. The zero-order chi connectivity index (χ0) is 21.5. The second-order valence-corrected chi connectivity index (χ2v) is 9.02. The Morgan fingerprint density at radius 2 is 1.50 bits per heavy atom. The van der Waals surface area contributed by atoms with Gasteiger partial charge in [0.2, 0.25) is 11.6 Å². The molecule has 154 valence electrons. The van der Waals surface area contributed by atoms with Crippen LogP contribution in [0.3, 0.4) is 0 Å². The molecule has 9 heteroatoms. The van der Waals surface area contributed by atoms with Gasteiger partial charge < -0.3 is 9.73 Å². The van der Waals surface area contributed by atoms with Gasteiger partial charge in [-0.25, -0.2) is 13.2 Å². The third kappa shape index (κ3) is 3.67. The maximum absolute atomic E-state index is 12.7. The molecule has 4 aromatic rings. The van der Waals surface area contributed by atoms with Crippen molar-refractivity contribution in [2.24, 2.45) is 0 Å². The summed E-state index contributed by atoms with van der Waals surface area (Å²) in [4.78, 5) is 28.9. The van der Waals surface area contributed by atoms with Crippen molar-refractivity contribution in [2.45, 2.75) is 18.7 Å². The molecule has 0 saturated carbocycles. The summed E-state index contributed by atoms with van der Waals surface area (Å²) in [5.74, 6) is -0.367. The second kappa shape index (κ2) is 7.34. The third-order valence-corrected chi connectivity index (χ3v) is 6.25. The maximum atomic E-state index is 12.7. The summed E-state index contributed by atoms with van der Waals surface area (Å²) in [5, 5.41) is 2.92. The number of furan rings is 1. The number of hydrogen-bond donors (Lipinski definition) is 3. The summed E-state index contributed by atoms with van der Waals surface area (Å²) >= 11 is 0. The van der Waals surface area contributed by atoms with Gasteiger partial charge >= 0.3 is 5.69 Å². The van der Waals surface area contributed by atoms with E-state index < -0.39 is 27.0 Å². The Bertz CT molecular complexity index is 1440. The molecule has 0 amide bonds. The van der Waals surface area contributed by atoms with E-state index in [1.54, 1.807) is 24.3 Å². The van der Waals surface area contributed by atoms with Gasteiger partial charge in [-0.15, -0.1) is 0 Å². The average Bonchev–Trinajstić information content (AvgIpc) is 3.06. The number of benzene rings is 2. The minimum atomic E-state index is -3.67. The molecule has 0 unspecified atom stereocenters. The third-order valence-electron chi connectivity index (χ3n) is 4.73. The second-order valence-electron chi connectivity index (χ2n) is 7.03. The predicted molar refractivity (Wildman–Crippen MR) is 114 cm³/mol. The lowest BCUT2D eigenvalue weighted by molar-refractivity contribution is 0.592. The van der Waals surface area contributed by atoms with Crippen molar-refractivity contribution in [3.63, 3.8) is 0 Å². The monoisotopic (exact) mass is 425 g/mol. The lowest BCUT2D eigenvalue weighted by Crippen LogP contribution is -2.21. The molecule has 0 spiro atoms. The van der Waals surface area contributed by atoms with Crippen molar-refractivity contribution in [3.05, 3.63) is 80.5 Å². The first-order valence-electron chi connectivity index (χ1n) is 9.14. The number of nitrogens with one attached hydrogen (secondary N) is 3. The van der Waals surface area contributed by atoms with E-state index >= 15 is 0 Å².